The van der Waals surface area contributed by atoms with Crippen LogP contribution in [0.3, 0.4) is 0 Å². The van der Waals surface area contributed by atoms with Gasteiger partial charge >= 0.3 is 6.03 Å². The summed E-state index contributed by atoms with van der Waals surface area (Å²) in [5, 5.41) is 0.673. The number of hydrogen-bond donors (Lipinski definition) is 1. The summed E-state index contributed by atoms with van der Waals surface area (Å²) < 4.78 is 37.1. The number of amides is 2. The quantitative estimate of drug-likeness (QED) is 0.292. The molecule has 1 N–H and O–H groups in total. The highest BCUT2D eigenvalue weighted by molar-refractivity contribution is 7.99. The first-order chi connectivity index (χ1) is 16.5. The molecule has 3 aromatic rings. The van der Waals surface area contributed by atoms with E-state index in [9.17, 15) is 13.6 Å². The van der Waals surface area contributed by atoms with E-state index < -0.39 is 11.6 Å². The Morgan fingerprint density at radius 3 is 2.68 bits per heavy atom. The van der Waals surface area contributed by atoms with Crippen molar-refractivity contribution in [1.82, 2.24) is 9.71 Å². The Bertz CT molecular complexity index is 1140. The molecule has 0 radical (unpaired) electrons. The van der Waals surface area contributed by atoms with E-state index in [2.05, 4.69) is 9.71 Å². The Morgan fingerprint density at radius 1 is 1.15 bits per heavy atom. The zero-order valence-electron chi connectivity index (χ0n) is 19.0. The molecule has 1 saturated heterocycles. The fourth-order valence-corrected chi connectivity index (χ4v) is 5.62. The molecule has 6 nitrogen and oxygen atoms in total. The molecule has 4 rings (SSSR count). The average molecular weight is 505 g/mol. The van der Waals surface area contributed by atoms with Gasteiger partial charge in [-0.3, -0.25) is 14.5 Å². The molecular formula is C24H26F2N4O2S2. The topological polar surface area (TPSA) is 57.7 Å². The minimum atomic E-state index is -0.497. The Hall–Kier alpha value is -2.53. The van der Waals surface area contributed by atoms with Crippen molar-refractivity contribution in [2.24, 2.45) is 0 Å². The summed E-state index contributed by atoms with van der Waals surface area (Å²) >= 11 is 3.02. The van der Waals surface area contributed by atoms with Crippen molar-refractivity contribution < 1.29 is 18.3 Å². The van der Waals surface area contributed by atoms with Gasteiger partial charge in [0, 0.05) is 44.6 Å². The maximum absolute atomic E-state index is 14.1. The maximum atomic E-state index is 14.1. The van der Waals surface area contributed by atoms with Gasteiger partial charge in [0.2, 0.25) is 0 Å². The molecule has 0 aliphatic carbocycles. The van der Waals surface area contributed by atoms with Crippen LogP contribution in [-0.4, -0.2) is 44.4 Å². The summed E-state index contributed by atoms with van der Waals surface area (Å²) in [5.74, 6) is -0.987. The summed E-state index contributed by atoms with van der Waals surface area (Å²) in [6, 6.07) is 10.2. The van der Waals surface area contributed by atoms with Crippen molar-refractivity contribution in [2.75, 3.05) is 43.2 Å². The lowest BCUT2D eigenvalue weighted by molar-refractivity contribution is 0.196. The number of aromatic nitrogens is 1. The number of carbonyl (C=O) groups excluding carboxylic acids is 1. The Kier molecular flexibility index (Phi) is 8.15. The molecule has 2 amide bonds. The van der Waals surface area contributed by atoms with Gasteiger partial charge in [0.25, 0.3) is 0 Å². The predicted octanol–water partition coefficient (Wildman–Crippen LogP) is 5.87. The van der Waals surface area contributed by atoms with Crippen LogP contribution in [0.15, 0.2) is 46.7 Å². The highest BCUT2D eigenvalue weighted by Crippen LogP contribution is 2.35. The van der Waals surface area contributed by atoms with Gasteiger partial charge in [-0.1, -0.05) is 23.5 Å². The van der Waals surface area contributed by atoms with E-state index >= 15 is 0 Å². The summed E-state index contributed by atoms with van der Waals surface area (Å²) in [6.45, 7) is 4.64. The number of methoxy groups -OCH3 is 1. The van der Waals surface area contributed by atoms with Gasteiger partial charge < -0.3 is 4.74 Å². The average Bonchev–Trinajstić information content (AvgIpc) is 3.21. The zero-order valence-corrected chi connectivity index (χ0v) is 20.6. The maximum Gasteiger partial charge on any atom is 0.330 e. The van der Waals surface area contributed by atoms with Crippen LogP contribution in [0.1, 0.15) is 18.5 Å². The standard InChI is InChI=1S/C24H26F2N4O2S2/c1-16-22(34-27-11-3-14-32-2)33-23(28-16)30-13-4-12-29(24(30)31)19-8-5-17(6-9-19)20-15-18(25)7-10-21(20)26/h5-10,15,27H,3-4,11-14H2,1-2H3. The number of thiazole rings is 1. The second-order valence-electron chi connectivity index (χ2n) is 7.82. The third kappa shape index (κ3) is 5.57. The van der Waals surface area contributed by atoms with Gasteiger partial charge in [-0.15, -0.1) is 0 Å². The Balaban J connectivity index is 1.46. The number of benzene rings is 2. The molecule has 1 aromatic heterocycles. The van der Waals surface area contributed by atoms with Gasteiger partial charge in [0.15, 0.2) is 5.13 Å². The third-order valence-corrected chi connectivity index (χ3v) is 7.71. The molecule has 0 saturated carbocycles. The van der Waals surface area contributed by atoms with Gasteiger partial charge in [0.1, 0.15) is 15.8 Å². The summed E-state index contributed by atoms with van der Waals surface area (Å²) in [7, 11) is 1.68. The lowest BCUT2D eigenvalue weighted by atomic mass is 10.0. The number of hydrogen-bond acceptors (Lipinski definition) is 6. The molecule has 10 heteroatoms. The van der Waals surface area contributed by atoms with E-state index in [1.807, 2.05) is 6.92 Å². The highest BCUT2D eigenvalue weighted by atomic mass is 32.2. The van der Waals surface area contributed by atoms with Crippen molar-refractivity contribution in [3.05, 3.63) is 59.8 Å². The molecule has 180 valence electrons. The fraction of sp³-hybridized carbons (Fsp3) is 0.333. The van der Waals surface area contributed by atoms with Crippen molar-refractivity contribution in [2.45, 2.75) is 24.0 Å². The van der Waals surface area contributed by atoms with E-state index in [-0.39, 0.29) is 11.6 Å². The number of aryl methyl sites for hydroxylation is 1. The zero-order chi connectivity index (χ0) is 24.1. The van der Waals surface area contributed by atoms with Crippen molar-refractivity contribution in [3.8, 4) is 11.1 Å². The van der Waals surface area contributed by atoms with Crippen molar-refractivity contribution in [1.29, 1.82) is 0 Å². The monoisotopic (exact) mass is 504 g/mol. The number of ether oxygens (including phenoxy) is 1. The highest BCUT2D eigenvalue weighted by Gasteiger charge is 2.30. The molecule has 34 heavy (non-hydrogen) atoms. The summed E-state index contributed by atoms with van der Waals surface area (Å²) in [5.41, 5.74) is 2.34. The molecule has 0 bridgehead atoms. The normalized spacial score (nSPS) is 14.2. The third-order valence-electron chi connectivity index (χ3n) is 5.41. The second-order valence-corrected chi connectivity index (χ2v) is 9.96. The van der Waals surface area contributed by atoms with E-state index in [0.717, 1.165) is 41.4 Å². The number of anilines is 2. The van der Waals surface area contributed by atoms with Gasteiger partial charge in [-0.05, 0) is 67.6 Å². The first-order valence-corrected chi connectivity index (χ1v) is 12.6. The lowest BCUT2D eigenvalue weighted by Crippen LogP contribution is -2.49. The van der Waals surface area contributed by atoms with E-state index in [0.29, 0.717) is 36.1 Å². The van der Waals surface area contributed by atoms with Crippen LogP contribution in [0.4, 0.5) is 24.4 Å². The molecule has 2 heterocycles. The first kappa shape index (κ1) is 24.6. The molecule has 0 atom stereocenters. The number of halogens is 2. The molecule has 0 spiro atoms. The van der Waals surface area contributed by atoms with Crippen molar-refractivity contribution >= 4 is 40.1 Å². The van der Waals surface area contributed by atoms with Gasteiger partial charge in [0.05, 0.1) is 5.69 Å². The number of carbonyl (C=O) groups is 1. The largest absolute Gasteiger partial charge is 0.385 e. The van der Waals surface area contributed by atoms with Crippen LogP contribution in [0.5, 0.6) is 0 Å². The van der Waals surface area contributed by atoms with Crippen LogP contribution in [0, 0.1) is 18.6 Å². The smallest absolute Gasteiger partial charge is 0.330 e. The lowest BCUT2D eigenvalue weighted by Gasteiger charge is -2.34. The predicted molar refractivity (Wildman–Crippen MR) is 134 cm³/mol. The first-order valence-electron chi connectivity index (χ1n) is 11.0. The molecule has 1 fully saturated rings. The number of urea groups is 1. The van der Waals surface area contributed by atoms with Gasteiger partial charge in [-0.25, -0.2) is 18.6 Å². The number of nitrogens with one attached hydrogen (secondary N) is 1. The molecule has 2 aromatic carbocycles. The van der Waals surface area contributed by atoms with E-state index in [4.69, 9.17) is 4.74 Å². The minimum Gasteiger partial charge on any atom is -0.385 e. The van der Waals surface area contributed by atoms with Crippen LogP contribution in [-0.2, 0) is 4.74 Å². The van der Waals surface area contributed by atoms with Crippen LogP contribution >= 0.6 is 23.3 Å². The molecule has 1 aliphatic rings. The minimum absolute atomic E-state index is 0.144. The van der Waals surface area contributed by atoms with E-state index in [1.54, 1.807) is 41.2 Å². The Morgan fingerprint density at radius 2 is 1.91 bits per heavy atom. The van der Waals surface area contributed by atoms with E-state index in [1.165, 1.54) is 29.4 Å². The molecule has 1 aliphatic heterocycles. The van der Waals surface area contributed by atoms with Crippen molar-refractivity contribution in [3.63, 3.8) is 0 Å². The van der Waals surface area contributed by atoms with Crippen LogP contribution in [0.2, 0.25) is 0 Å². The molecule has 0 unspecified atom stereocenters. The number of nitrogens with zero attached hydrogens (tertiary/aromatic N) is 3. The van der Waals surface area contributed by atoms with Crippen LogP contribution < -0.4 is 14.5 Å². The fourth-order valence-electron chi connectivity index (χ4n) is 3.66. The SMILES string of the molecule is COCCCNSc1sc(N2CCCN(c3ccc(-c4cc(F)ccc4F)cc3)C2=O)nc1C. The summed E-state index contributed by atoms with van der Waals surface area (Å²) in [6.07, 6.45) is 1.71. The van der Waals surface area contributed by atoms with Gasteiger partial charge in [-0.2, -0.15) is 0 Å². The molecular weight excluding hydrogens is 478 g/mol. The van der Waals surface area contributed by atoms with Crippen LogP contribution in [0.25, 0.3) is 11.1 Å². The second kappa shape index (κ2) is 11.3. The number of rotatable bonds is 9. The summed E-state index contributed by atoms with van der Waals surface area (Å²) in [4.78, 5) is 21.3. The Labute approximate surface area is 206 Å².